The zero-order valence-corrected chi connectivity index (χ0v) is 17.9. The van der Waals surface area contributed by atoms with Crippen LogP contribution >= 0.6 is 23.2 Å². The van der Waals surface area contributed by atoms with Gasteiger partial charge in [0.25, 0.3) is 5.91 Å². The van der Waals surface area contributed by atoms with E-state index < -0.39 is 0 Å². The Labute approximate surface area is 186 Å². The highest BCUT2D eigenvalue weighted by Crippen LogP contribution is 2.30. The number of hydrogen-bond acceptors (Lipinski definition) is 3. The first-order valence-electron chi connectivity index (χ1n) is 9.83. The molecule has 0 aliphatic carbocycles. The van der Waals surface area contributed by atoms with Crippen molar-refractivity contribution in [2.24, 2.45) is 0 Å². The van der Waals surface area contributed by atoms with Crippen LogP contribution < -0.4 is 5.32 Å². The molecule has 0 saturated carbocycles. The molecule has 6 heteroatoms. The number of carbonyl (C=O) groups is 1. The lowest BCUT2D eigenvalue weighted by Crippen LogP contribution is -2.37. The minimum absolute atomic E-state index is 0.0161. The molecule has 0 radical (unpaired) electrons. The molecule has 1 saturated heterocycles. The van der Waals surface area contributed by atoms with Gasteiger partial charge < -0.3 is 10.1 Å². The van der Waals surface area contributed by atoms with Crippen LogP contribution in [0.25, 0.3) is 0 Å². The molecule has 1 aliphatic heterocycles. The average molecular weight is 441 g/mol. The number of carbonyl (C=O) groups excluding carboxylic acids is 1. The van der Waals surface area contributed by atoms with Crippen LogP contribution in [-0.4, -0.2) is 30.5 Å². The topological polar surface area (TPSA) is 41.6 Å². The molecule has 3 aromatic rings. The van der Waals surface area contributed by atoms with Gasteiger partial charge in [0.1, 0.15) is 0 Å². The Morgan fingerprint density at radius 3 is 2.37 bits per heavy atom. The molecule has 0 bridgehead atoms. The number of halogens is 2. The fourth-order valence-corrected chi connectivity index (χ4v) is 4.03. The van der Waals surface area contributed by atoms with Crippen LogP contribution in [0.1, 0.15) is 27.6 Å². The van der Waals surface area contributed by atoms with E-state index >= 15 is 0 Å². The highest BCUT2D eigenvalue weighted by Gasteiger charge is 2.22. The molecule has 1 N–H and O–H groups in total. The Bertz CT molecular complexity index is 989. The lowest BCUT2D eigenvalue weighted by Gasteiger charge is -2.33. The van der Waals surface area contributed by atoms with E-state index in [0.717, 1.165) is 25.2 Å². The van der Waals surface area contributed by atoms with Gasteiger partial charge in [-0.05, 0) is 35.4 Å². The van der Waals surface area contributed by atoms with Crippen LogP contribution in [0.5, 0.6) is 0 Å². The second-order valence-corrected chi connectivity index (χ2v) is 8.07. The molecule has 1 atom stereocenters. The SMILES string of the molecule is O=C(Nc1c(Cl)cccc1Cl)c1ccc(C2CN(Cc3ccccc3)CCO2)cc1. The molecule has 1 heterocycles. The van der Waals surface area contributed by atoms with Crippen LogP contribution in [0.4, 0.5) is 5.69 Å². The highest BCUT2D eigenvalue weighted by atomic mass is 35.5. The number of nitrogens with one attached hydrogen (secondary N) is 1. The van der Waals surface area contributed by atoms with Crippen molar-refractivity contribution in [1.29, 1.82) is 0 Å². The molecule has 0 spiro atoms. The Balaban J connectivity index is 1.41. The summed E-state index contributed by atoms with van der Waals surface area (Å²) in [7, 11) is 0. The van der Waals surface area contributed by atoms with Crippen molar-refractivity contribution in [3.05, 3.63) is 99.5 Å². The van der Waals surface area contributed by atoms with Crippen LogP contribution in [0.3, 0.4) is 0 Å². The molecule has 30 heavy (non-hydrogen) atoms. The fourth-order valence-electron chi connectivity index (χ4n) is 3.54. The number of ether oxygens (including phenoxy) is 1. The number of morpholine rings is 1. The van der Waals surface area contributed by atoms with Gasteiger partial charge in [-0.25, -0.2) is 0 Å². The summed E-state index contributed by atoms with van der Waals surface area (Å²) in [5.41, 5.74) is 3.30. The fraction of sp³-hybridized carbons (Fsp3) is 0.208. The van der Waals surface area contributed by atoms with E-state index in [1.807, 2.05) is 18.2 Å². The van der Waals surface area contributed by atoms with Crippen LogP contribution in [0.15, 0.2) is 72.8 Å². The van der Waals surface area contributed by atoms with Gasteiger partial charge in [-0.2, -0.15) is 0 Å². The summed E-state index contributed by atoms with van der Waals surface area (Å²) >= 11 is 12.3. The Morgan fingerprint density at radius 2 is 1.67 bits per heavy atom. The van der Waals surface area contributed by atoms with Crippen molar-refractivity contribution < 1.29 is 9.53 Å². The molecule has 154 valence electrons. The van der Waals surface area contributed by atoms with E-state index in [4.69, 9.17) is 27.9 Å². The Hall–Kier alpha value is -2.37. The third-order valence-corrected chi connectivity index (χ3v) is 5.78. The van der Waals surface area contributed by atoms with Gasteiger partial charge in [-0.1, -0.05) is 71.7 Å². The number of benzene rings is 3. The normalized spacial score (nSPS) is 16.9. The van der Waals surface area contributed by atoms with E-state index in [1.165, 1.54) is 5.56 Å². The second kappa shape index (κ2) is 9.63. The minimum atomic E-state index is -0.258. The lowest BCUT2D eigenvalue weighted by molar-refractivity contribution is -0.0329. The summed E-state index contributed by atoms with van der Waals surface area (Å²) in [6.45, 7) is 3.31. The predicted octanol–water partition coefficient (Wildman–Crippen LogP) is 5.82. The highest BCUT2D eigenvalue weighted by molar-refractivity contribution is 6.40. The summed E-state index contributed by atoms with van der Waals surface area (Å²) in [4.78, 5) is 15.0. The van der Waals surface area contributed by atoms with E-state index in [0.29, 0.717) is 27.9 Å². The summed E-state index contributed by atoms with van der Waals surface area (Å²) in [5, 5.41) is 3.59. The third kappa shape index (κ3) is 5.02. The van der Waals surface area contributed by atoms with Crippen LogP contribution in [0, 0.1) is 0 Å². The maximum absolute atomic E-state index is 12.6. The first-order chi connectivity index (χ1) is 14.6. The molecule has 1 unspecified atom stereocenters. The zero-order chi connectivity index (χ0) is 20.9. The quantitative estimate of drug-likeness (QED) is 0.543. The van der Waals surface area contributed by atoms with Crippen molar-refractivity contribution in [3.63, 3.8) is 0 Å². The molecular formula is C24H22Cl2N2O2. The summed E-state index contributed by atoms with van der Waals surface area (Å²) in [5.74, 6) is -0.258. The zero-order valence-electron chi connectivity index (χ0n) is 16.4. The smallest absolute Gasteiger partial charge is 0.255 e. The molecular weight excluding hydrogens is 419 g/mol. The number of anilines is 1. The molecule has 1 aliphatic rings. The Morgan fingerprint density at radius 1 is 0.967 bits per heavy atom. The number of rotatable bonds is 5. The van der Waals surface area contributed by atoms with E-state index in [-0.39, 0.29) is 12.0 Å². The maximum atomic E-state index is 12.6. The lowest BCUT2D eigenvalue weighted by atomic mass is 10.0. The average Bonchev–Trinajstić information content (AvgIpc) is 2.77. The molecule has 3 aromatic carbocycles. The minimum Gasteiger partial charge on any atom is -0.371 e. The monoisotopic (exact) mass is 440 g/mol. The van der Waals surface area contributed by atoms with Gasteiger partial charge in [0, 0.05) is 25.2 Å². The van der Waals surface area contributed by atoms with E-state index in [1.54, 1.807) is 30.3 Å². The summed E-state index contributed by atoms with van der Waals surface area (Å²) in [6, 6.07) is 23.0. The predicted molar refractivity (Wildman–Crippen MR) is 121 cm³/mol. The van der Waals surface area contributed by atoms with Gasteiger partial charge in [0.05, 0.1) is 28.4 Å². The van der Waals surface area contributed by atoms with Crippen LogP contribution in [0.2, 0.25) is 10.0 Å². The van der Waals surface area contributed by atoms with Crippen molar-refractivity contribution >= 4 is 34.8 Å². The van der Waals surface area contributed by atoms with E-state index in [2.05, 4.69) is 34.5 Å². The molecule has 1 amide bonds. The number of hydrogen-bond donors (Lipinski definition) is 1. The first kappa shape index (κ1) is 20.9. The van der Waals surface area contributed by atoms with Crippen LogP contribution in [-0.2, 0) is 11.3 Å². The van der Waals surface area contributed by atoms with Gasteiger partial charge in [0.2, 0.25) is 0 Å². The van der Waals surface area contributed by atoms with Crippen molar-refractivity contribution in [1.82, 2.24) is 4.90 Å². The van der Waals surface area contributed by atoms with Gasteiger partial charge in [-0.3, -0.25) is 9.69 Å². The van der Waals surface area contributed by atoms with Crippen molar-refractivity contribution in [3.8, 4) is 0 Å². The van der Waals surface area contributed by atoms with Crippen molar-refractivity contribution in [2.45, 2.75) is 12.6 Å². The first-order valence-corrected chi connectivity index (χ1v) is 10.6. The largest absolute Gasteiger partial charge is 0.371 e. The summed E-state index contributed by atoms with van der Waals surface area (Å²) < 4.78 is 5.98. The van der Waals surface area contributed by atoms with Gasteiger partial charge in [-0.15, -0.1) is 0 Å². The number of para-hydroxylation sites is 1. The standard InChI is InChI=1S/C24H22Cl2N2O2/c25-20-7-4-8-21(26)23(20)27-24(29)19-11-9-18(10-12-19)22-16-28(13-14-30-22)15-17-5-2-1-3-6-17/h1-12,22H,13-16H2,(H,27,29). The summed E-state index contributed by atoms with van der Waals surface area (Å²) in [6.07, 6.45) is -0.0161. The van der Waals surface area contributed by atoms with E-state index in [9.17, 15) is 4.79 Å². The molecule has 1 fully saturated rings. The van der Waals surface area contributed by atoms with Gasteiger partial charge in [0.15, 0.2) is 0 Å². The number of nitrogens with zero attached hydrogens (tertiary/aromatic N) is 1. The number of amides is 1. The third-order valence-electron chi connectivity index (χ3n) is 5.15. The molecule has 4 rings (SSSR count). The Kier molecular flexibility index (Phi) is 6.70. The molecule has 4 nitrogen and oxygen atoms in total. The molecule has 0 aromatic heterocycles. The van der Waals surface area contributed by atoms with Gasteiger partial charge >= 0.3 is 0 Å². The second-order valence-electron chi connectivity index (χ2n) is 7.25. The van der Waals surface area contributed by atoms with Crippen molar-refractivity contribution in [2.75, 3.05) is 25.0 Å². The maximum Gasteiger partial charge on any atom is 0.255 e.